The number of anilines is 2. The highest BCUT2D eigenvalue weighted by Gasteiger charge is 2.29. The first-order valence-electron chi connectivity index (χ1n) is 11.6. The van der Waals surface area contributed by atoms with Gasteiger partial charge in [0, 0.05) is 56.4 Å². The summed E-state index contributed by atoms with van der Waals surface area (Å²) in [6.45, 7) is 5.53. The van der Waals surface area contributed by atoms with Gasteiger partial charge in [-0.3, -0.25) is 4.79 Å². The summed E-state index contributed by atoms with van der Waals surface area (Å²) in [5.74, 6) is 1.98. The van der Waals surface area contributed by atoms with Crippen LogP contribution in [0.4, 0.5) is 11.8 Å². The van der Waals surface area contributed by atoms with Crippen molar-refractivity contribution in [2.24, 2.45) is 0 Å². The molecule has 2 fully saturated rings. The lowest BCUT2D eigenvalue weighted by molar-refractivity contribution is 0.0791. The Bertz CT molecular complexity index is 925. The second kappa shape index (κ2) is 8.83. The number of hydrogen-bond acceptors (Lipinski definition) is 6. The third-order valence-electron chi connectivity index (χ3n) is 6.79. The first kappa shape index (κ1) is 20.2. The molecule has 3 aliphatic rings. The van der Waals surface area contributed by atoms with Crippen LogP contribution < -0.4 is 10.2 Å². The average molecular weight is 421 g/mol. The zero-order valence-corrected chi connectivity index (χ0v) is 18.4. The van der Waals surface area contributed by atoms with Crippen LogP contribution in [-0.2, 0) is 12.8 Å². The van der Waals surface area contributed by atoms with Crippen molar-refractivity contribution in [1.29, 1.82) is 0 Å². The minimum Gasteiger partial charge on any atom is -0.365 e. The summed E-state index contributed by atoms with van der Waals surface area (Å²) in [5, 5.41) is 3.71. The van der Waals surface area contributed by atoms with E-state index < -0.39 is 0 Å². The van der Waals surface area contributed by atoms with Crippen LogP contribution in [0.15, 0.2) is 30.3 Å². The molecule has 5 rings (SSSR count). The Balaban J connectivity index is 1.33. The average Bonchev–Trinajstić information content (AvgIpc) is 3.28. The van der Waals surface area contributed by atoms with Crippen LogP contribution in [0.1, 0.15) is 40.9 Å². The van der Waals surface area contributed by atoms with Gasteiger partial charge >= 0.3 is 0 Å². The van der Waals surface area contributed by atoms with Crippen molar-refractivity contribution < 1.29 is 4.79 Å². The van der Waals surface area contributed by atoms with Crippen molar-refractivity contribution in [2.45, 2.75) is 38.1 Å². The van der Waals surface area contributed by atoms with Crippen molar-refractivity contribution in [2.75, 3.05) is 56.5 Å². The molecule has 1 N–H and O–H groups in total. The molecular formula is C24H32N6O. The number of nitrogens with zero attached hydrogens (tertiary/aromatic N) is 5. The van der Waals surface area contributed by atoms with Gasteiger partial charge in [0.1, 0.15) is 5.82 Å². The van der Waals surface area contributed by atoms with Gasteiger partial charge < -0.3 is 20.0 Å². The Kier molecular flexibility index (Phi) is 5.76. The van der Waals surface area contributed by atoms with E-state index >= 15 is 0 Å². The Morgan fingerprint density at radius 3 is 2.58 bits per heavy atom. The van der Waals surface area contributed by atoms with E-state index in [2.05, 4.69) is 22.2 Å². The first-order chi connectivity index (χ1) is 15.2. The molecule has 1 aliphatic carbocycles. The topological polar surface area (TPSA) is 64.6 Å². The molecule has 1 aromatic carbocycles. The molecule has 164 valence electrons. The Morgan fingerprint density at radius 1 is 1.00 bits per heavy atom. The van der Waals surface area contributed by atoms with Gasteiger partial charge in [0.15, 0.2) is 0 Å². The number of benzene rings is 1. The van der Waals surface area contributed by atoms with Gasteiger partial charge in [-0.1, -0.05) is 18.2 Å². The number of aromatic nitrogens is 2. The second-order valence-electron chi connectivity index (χ2n) is 9.04. The Morgan fingerprint density at radius 2 is 1.77 bits per heavy atom. The molecule has 0 unspecified atom stereocenters. The van der Waals surface area contributed by atoms with Crippen molar-refractivity contribution in [3.63, 3.8) is 0 Å². The highest BCUT2D eigenvalue weighted by Crippen LogP contribution is 2.29. The number of aryl methyl sites for hydroxylation is 1. The number of likely N-dealkylation sites (tertiary alicyclic amines) is 1. The number of carbonyl (C=O) groups is 1. The second-order valence-corrected chi connectivity index (χ2v) is 9.04. The lowest BCUT2D eigenvalue weighted by Gasteiger charge is -2.33. The zero-order chi connectivity index (χ0) is 21.2. The van der Waals surface area contributed by atoms with Crippen LogP contribution in [0.3, 0.4) is 0 Å². The number of amides is 1. The quantitative estimate of drug-likeness (QED) is 0.820. The third kappa shape index (κ3) is 4.37. The van der Waals surface area contributed by atoms with Crippen LogP contribution in [0.5, 0.6) is 0 Å². The molecule has 3 heterocycles. The van der Waals surface area contributed by atoms with E-state index in [1.165, 1.54) is 24.1 Å². The molecule has 0 saturated carbocycles. The fourth-order valence-corrected chi connectivity index (χ4v) is 4.87. The van der Waals surface area contributed by atoms with E-state index in [1.54, 1.807) is 0 Å². The molecule has 0 bridgehead atoms. The molecule has 31 heavy (non-hydrogen) atoms. The summed E-state index contributed by atoms with van der Waals surface area (Å²) in [5.41, 5.74) is 3.27. The Hall–Kier alpha value is -2.67. The highest BCUT2D eigenvalue weighted by molar-refractivity contribution is 5.94. The van der Waals surface area contributed by atoms with Gasteiger partial charge in [-0.15, -0.1) is 0 Å². The summed E-state index contributed by atoms with van der Waals surface area (Å²) in [4.78, 5) is 29.4. The number of nitrogens with one attached hydrogen (secondary N) is 1. The lowest BCUT2D eigenvalue weighted by Crippen LogP contribution is -2.45. The highest BCUT2D eigenvalue weighted by atomic mass is 16.2. The maximum absolute atomic E-state index is 12.8. The molecule has 7 nitrogen and oxygen atoms in total. The number of carbonyl (C=O) groups excluding carboxylic acids is 1. The number of rotatable bonds is 4. The van der Waals surface area contributed by atoms with Crippen LogP contribution >= 0.6 is 0 Å². The number of piperazine rings is 1. The zero-order valence-electron chi connectivity index (χ0n) is 18.4. The van der Waals surface area contributed by atoms with Gasteiger partial charge in [0.25, 0.3) is 5.91 Å². The SMILES string of the molecule is CN1CCN(c2nc3c(c(N[C@@H]4CCN(C(=O)c5ccccc5)C4)n2)CCCC3)CC1. The monoisotopic (exact) mass is 420 g/mol. The van der Waals surface area contributed by atoms with Crippen LogP contribution in [0, 0.1) is 0 Å². The summed E-state index contributed by atoms with van der Waals surface area (Å²) < 4.78 is 0. The van der Waals surface area contributed by atoms with Gasteiger partial charge in [-0.2, -0.15) is 4.98 Å². The fraction of sp³-hybridized carbons (Fsp3) is 0.542. The Labute approximate surface area is 184 Å². The van der Waals surface area contributed by atoms with E-state index in [0.717, 1.165) is 75.9 Å². The van der Waals surface area contributed by atoms with Crippen LogP contribution in [0.25, 0.3) is 0 Å². The predicted molar refractivity (Wildman–Crippen MR) is 123 cm³/mol. The van der Waals surface area contributed by atoms with Crippen molar-refractivity contribution in [3.05, 3.63) is 47.2 Å². The van der Waals surface area contributed by atoms with E-state index in [-0.39, 0.29) is 11.9 Å². The molecule has 2 aromatic rings. The van der Waals surface area contributed by atoms with Gasteiger partial charge in [0.2, 0.25) is 5.95 Å². The molecule has 0 spiro atoms. The minimum atomic E-state index is 0.118. The van der Waals surface area contributed by atoms with E-state index in [4.69, 9.17) is 9.97 Å². The van der Waals surface area contributed by atoms with E-state index in [9.17, 15) is 4.79 Å². The standard InChI is InChI=1S/C24H32N6O/c1-28-13-15-29(16-14-28)24-26-21-10-6-5-9-20(21)22(27-24)25-19-11-12-30(17-19)23(31)18-7-3-2-4-8-18/h2-4,7-8,19H,5-6,9-17H2,1H3,(H,25,26,27)/t19-/m1/s1. The molecule has 2 saturated heterocycles. The third-order valence-corrected chi connectivity index (χ3v) is 6.79. The normalized spacial score (nSPS) is 21.8. The van der Waals surface area contributed by atoms with Gasteiger partial charge in [0.05, 0.1) is 5.69 Å². The minimum absolute atomic E-state index is 0.118. The number of likely N-dealkylation sites (N-methyl/N-ethyl adjacent to an activating group) is 1. The fourth-order valence-electron chi connectivity index (χ4n) is 4.87. The molecule has 1 atom stereocenters. The molecule has 2 aliphatic heterocycles. The van der Waals surface area contributed by atoms with Gasteiger partial charge in [-0.05, 0) is 51.3 Å². The number of fused-ring (bicyclic) bond motifs is 1. The summed E-state index contributed by atoms with van der Waals surface area (Å²) >= 11 is 0. The largest absolute Gasteiger partial charge is 0.365 e. The van der Waals surface area contributed by atoms with E-state index in [0.29, 0.717) is 0 Å². The lowest BCUT2D eigenvalue weighted by atomic mass is 9.96. The van der Waals surface area contributed by atoms with Crippen LogP contribution in [0.2, 0.25) is 0 Å². The predicted octanol–water partition coefficient (Wildman–Crippen LogP) is 2.43. The maximum Gasteiger partial charge on any atom is 0.253 e. The van der Waals surface area contributed by atoms with Crippen molar-refractivity contribution in [3.8, 4) is 0 Å². The molecule has 0 radical (unpaired) electrons. The van der Waals surface area contributed by atoms with Crippen LogP contribution in [-0.4, -0.2) is 78.0 Å². The maximum atomic E-state index is 12.8. The summed E-state index contributed by atoms with van der Waals surface area (Å²) in [6.07, 6.45) is 5.43. The molecule has 7 heteroatoms. The molecular weight excluding hydrogens is 388 g/mol. The molecule has 1 amide bonds. The summed E-state index contributed by atoms with van der Waals surface area (Å²) in [7, 11) is 2.17. The first-order valence-corrected chi connectivity index (χ1v) is 11.6. The smallest absolute Gasteiger partial charge is 0.253 e. The molecule has 1 aromatic heterocycles. The summed E-state index contributed by atoms with van der Waals surface area (Å²) in [6, 6.07) is 9.81. The number of hydrogen-bond donors (Lipinski definition) is 1. The van der Waals surface area contributed by atoms with Crippen molar-refractivity contribution >= 4 is 17.7 Å². The van der Waals surface area contributed by atoms with Gasteiger partial charge in [-0.25, -0.2) is 4.98 Å². The van der Waals surface area contributed by atoms with E-state index in [1.807, 2.05) is 35.2 Å². The van der Waals surface area contributed by atoms with Crippen molar-refractivity contribution in [1.82, 2.24) is 19.8 Å².